The quantitative estimate of drug-likeness (QED) is 0.565. The summed E-state index contributed by atoms with van der Waals surface area (Å²) in [6.07, 6.45) is 0. The summed E-state index contributed by atoms with van der Waals surface area (Å²) >= 11 is 20.2. The van der Waals surface area contributed by atoms with Crippen LogP contribution in [0.15, 0.2) is 34.8 Å². The Hall–Kier alpha value is -0.880. The SMILES string of the molecule is NC(=S)c1cc(F)ccc1Oc1cc(Cl)c(Br)cc1Cl. The first-order chi connectivity index (χ1) is 9.38. The van der Waals surface area contributed by atoms with Crippen LogP contribution in [0.5, 0.6) is 11.5 Å². The first-order valence-electron chi connectivity index (χ1n) is 5.30. The van der Waals surface area contributed by atoms with Gasteiger partial charge in [0.05, 0.1) is 15.6 Å². The van der Waals surface area contributed by atoms with E-state index in [0.29, 0.717) is 26.0 Å². The van der Waals surface area contributed by atoms with Gasteiger partial charge < -0.3 is 10.5 Å². The van der Waals surface area contributed by atoms with Crippen molar-refractivity contribution in [1.82, 2.24) is 0 Å². The molecule has 7 heteroatoms. The van der Waals surface area contributed by atoms with E-state index in [1.807, 2.05) is 0 Å². The molecule has 0 spiro atoms. The molecule has 0 bridgehead atoms. The molecule has 0 saturated carbocycles. The molecule has 104 valence electrons. The Morgan fingerprint density at radius 3 is 2.50 bits per heavy atom. The van der Waals surface area contributed by atoms with Crippen molar-refractivity contribution in [2.24, 2.45) is 5.73 Å². The molecular formula is C13H7BrCl2FNOS. The minimum Gasteiger partial charge on any atom is -0.455 e. The Morgan fingerprint density at radius 2 is 1.85 bits per heavy atom. The fourth-order valence-corrected chi connectivity index (χ4v) is 2.48. The van der Waals surface area contributed by atoms with Gasteiger partial charge in [-0.3, -0.25) is 0 Å². The highest BCUT2D eigenvalue weighted by atomic mass is 79.9. The molecule has 0 saturated heterocycles. The molecule has 0 fully saturated rings. The average molecular weight is 395 g/mol. The van der Waals surface area contributed by atoms with Crippen molar-refractivity contribution in [2.75, 3.05) is 0 Å². The molecule has 2 aromatic carbocycles. The number of hydrogen-bond acceptors (Lipinski definition) is 2. The van der Waals surface area contributed by atoms with Crippen LogP contribution in [0.3, 0.4) is 0 Å². The number of halogens is 4. The topological polar surface area (TPSA) is 35.2 Å². The van der Waals surface area contributed by atoms with Crippen LogP contribution in [-0.4, -0.2) is 4.99 Å². The highest BCUT2D eigenvalue weighted by molar-refractivity contribution is 9.10. The molecule has 0 aliphatic heterocycles. The lowest BCUT2D eigenvalue weighted by molar-refractivity contribution is 0.480. The van der Waals surface area contributed by atoms with E-state index in [-0.39, 0.29) is 10.6 Å². The summed E-state index contributed by atoms with van der Waals surface area (Å²) in [5.74, 6) is 0.170. The van der Waals surface area contributed by atoms with Crippen molar-refractivity contribution in [3.05, 3.63) is 56.2 Å². The highest BCUT2D eigenvalue weighted by Crippen LogP contribution is 2.37. The summed E-state index contributed by atoms with van der Waals surface area (Å²) < 4.78 is 19.5. The fraction of sp³-hybridized carbons (Fsp3) is 0. The van der Waals surface area contributed by atoms with Crippen molar-refractivity contribution < 1.29 is 9.13 Å². The molecule has 0 radical (unpaired) electrons. The Kier molecular flexibility index (Phi) is 4.86. The smallest absolute Gasteiger partial charge is 0.147 e. The Balaban J connectivity index is 2.45. The van der Waals surface area contributed by atoms with Crippen LogP contribution in [0.1, 0.15) is 5.56 Å². The normalized spacial score (nSPS) is 10.4. The van der Waals surface area contributed by atoms with Gasteiger partial charge in [-0.15, -0.1) is 0 Å². The molecule has 2 aromatic rings. The van der Waals surface area contributed by atoms with Crippen LogP contribution in [-0.2, 0) is 0 Å². The van der Waals surface area contributed by atoms with E-state index in [4.69, 9.17) is 45.9 Å². The molecule has 0 aliphatic rings. The summed E-state index contributed by atoms with van der Waals surface area (Å²) in [5.41, 5.74) is 5.83. The van der Waals surface area contributed by atoms with Gasteiger partial charge in [0.2, 0.25) is 0 Å². The van der Waals surface area contributed by atoms with E-state index in [9.17, 15) is 4.39 Å². The van der Waals surface area contributed by atoms with E-state index in [1.165, 1.54) is 18.2 Å². The zero-order chi connectivity index (χ0) is 14.9. The van der Waals surface area contributed by atoms with E-state index in [1.54, 1.807) is 12.1 Å². The minimum absolute atomic E-state index is 0.0267. The molecule has 0 aromatic heterocycles. The predicted molar refractivity (Wildman–Crippen MR) is 86.5 cm³/mol. The lowest BCUT2D eigenvalue weighted by Crippen LogP contribution is -2.11. The zero-order valence-electron chi connectivity index (χ0n) is 9.79. The van der Waals surface area contributed by atoms with Crippen molar-refractivity contribution in [2.45, 2.75) is 0 Å². The van der Waals surface area contributed by atoms with Crippen LogP contribution in [0.4, 0.5) is 4.39 Å². The Morgan fingerprint density at radius 1 is 1.15 bits per heavy atom. The molecule has 2 nitrogen and oxygen atoms in total. The monoisotopic (exact) mass is 393 g/mol. The first-order valence-corrected chi connectivity index (χ1v) is 7.26. The second kappa shape index (κ2) is 6.26. The Bertz CT molecular complexity index is 696. The molecule has 0 atom stereocenters. The van der Waals surface area contributed by atoms with Crippen molar-refractivity contribution >= 4 is 56.3 Å². The van der Waals surface area contributed by atoms with Crippen LogP contribution in [0.2, 0.25) is 10.0 Å². The standard InChI is InChI=1S/C13H7BrCl2FNOS/c14-8-4-10(16)12(5-9(8)15)19-11-2-1-6(17)3-7(11)13(18)20/h1-5H,(H2,18,20). The summed E-state index contributed by atoms with van der Waals surface area (Å²) in [6.45, 7) is 0. The molecular weight excluding hydrogens is 388 g/mol. The van der Waals surface area contributed by atoms with Gasteiger partial charge in [0, 0.05) is 10.5 Å². The first kappa shape index (κ1) is 15.5. The largest absolute Gasteiger partial charge is 0.455 e. The van der Waals surface area contributed by atoms with E-state index < -0.39 is 5.82 Å². The number of ether oxygens (including phenoxy) is 1. The lowest BCUT2D eigenvalue weighted by atomic mass is 10.2. The maximum Gasteiger partial charge on any atom is 0.147 e. The van der Waals surface area contributed by atoms with Gasteiger partial charge in [-0.05, 0) is 40.2 Å². The summed E-state index contributed by atoms with van der Waals surface area (Å²) in [6, 6.07) is 7.01. The molecule has 2 N–H and O–H groups in total. The number of nitrogens with two attached hydrogens (primary N) is 1. The van der Waals surface area contributed by atoms with E-state index in [0.717, 1.165) is 0 Å². The van der Waals surface area contributed by atoms with Gasteiger partial charge in [-0.2, -0.15) is 0 Å². The van der Waals surface area contributed by atoms with Crippen LogP contribution >= 0.6 is 51.3 Å². The number of hydrogen-bond donors (Lipinski definition) is 1. The molecule has 0 aliphatic carbocycles. The van der Waals surface area contributed by atoms with Gasteiger partial charge in [0.15, 0.2) is 0 Å². The summed E-state index contributed by atoms with van der Waals surface area (Å²) in [7, 11) is 0. The maximum atomic E-state index is 13.2. The van der Waals surface area contributed by atoms with E-state index >= 15 is 0 Å². The van der Waals surface area contributed by atoms with Gasteiger partial charge in [0.25, 0.3) is 0 Å². The third-order valence-corrected chi connectivity index (χ3v) is 4.11. The van der Waals surface area contributed by atoms with Crippen LogP contribution in [0, 0.1) is 5.82 Å². The van der Waals surface area contributed by atoms with Crippen LogP contribution < -0.4 is 10.5 Å². The fourth-order valence-electron chi connectivity index (χ4n) is 1.48. The van der Waals surface area contributed by atoms with Gasteiger partial charge >= 0.3 is 0 Å². The number of thiocarbonyl (C=S) groups is 1. The summed E-state index contributed by atoms with van der Waals surface area (Å²) in [5, 5.41) is 0.780. The number of benzene rings is 2. The molecule has 0 amide bonds. The second-order valence-electron chi connectivity index (χ2n) is 3.80. The number of rotatable bonds is 3. The van der Waals surface area contributed by atoms with Crippen molar-refractivity contribution in [1.29, 1.82) is 0 Å². The van der Waals surface area contributed by atoms with Crippen molar-refractivity contribution in [3.8, 4) is 11.5 Å². The molecule has 0 heterocycles. The molecule has 20 heavy (non-hydrogen) atoms. The summed E-state index contributed by atoms with van der Waals surface area (Å²) in [4.78, 5) is 0.0267. The zero-order valence-corrected chi connectivity index (χ0v) is 13.7. The third-order valence-electron chi connectivity index (χ3n) is 2.40. The average Bonchev–Trinajstić information content (AvgIpc) is 2.37. The molecule has 0 unspecified atom stereocenters. The van der Waals surface area contributed by atoms with E-state index in [2.05, 4.69) is 15.9 Å². The minimum atomic E-state index is -0.458. The van der Waals surface area contributed by atoms with Gasteiger partial charge in [0.1, 0.15) is 22.3 Å². The van der Waals surface area contributed by atoms with Gasteiger partial charge in [-0.25, -0.2) is 4.39 Å². The van der Waals surface area contributed by atoms with Crippen molar-refractivity contribution in [3.63, 3.8) is 0 Å². The Labute approximate surface area is 138 Å². The highest BCUT2D eigenvalue weighted by Gasteiger charge is 2.12. The third kappa shape index (κ3) is 3.41. The lowest BCUT2D eigenvalue weighted by Gasteiger charge is -2.12. The van der Waals surface area contributed by atoms with Gasteiger partial charge in [-0.1, -0.05) is 35.4 Å². The second-order valence-corrected chi connectivity index (χ2v) is 5.91. The maximum absolute atomic E-state index is 13.2. The predicted octanol–water partition coefficient (Wildman–Crippen LogP) is 5.32. The van der Waals surface area contributed by atoms with Crippen LogP contribution in [0.25, 0.3) is 0 Å². The molecule has 2 rings (SSSR count).